The number of ether oxygens (including phenoxy) is 1. The number of nitrogens with zero attached hydrogens (tertiary/aromatic N) is 4. The van der Waals surface area contributed by atoms with Crippen LogP contribution in [0.2, 0.25) is 10.0 Å². The summed E-state index contributed by atoms with van der Waals surface area (Å²) in [5.74, 6) is 1.23. The lowest BCUT2D eigenvalue weighted by atomic mass is 9.73. The van der Waals surface area contributed by atoms with Crippen LogP contribution in [-0.4, -0.2) is 31.9 Å². The number of carbonyl (C=O) groups excluding carboxylic acids is 1. The van der Waals surface area contributed by atoms with Gasteiger partial charge in [-0.3, -0.25) is 0 Å². The number of aromatic nitrogens is 4. The number of esters is 1. The lowest BCUT2D eigenvalue weighted by molar-refractivity contribution is -0.150. The molecule has 2 aromatic heterocycles. The minimum Gasteiger partial charge on any atom is -0.457 e. The van der Waals surface area contributed by atoms with Gasteiger partial charge in [0.15, 0.2) is 11.6 Å². The van der Waals surface area contributed by atoms with E-state index in [4.69, 9.17) is 60.2 Å². The van der Waals surface area contributed by atoms with E-state index in [2.05, 4.69) is 33.8 Å². The van der Waals surface area contributed by atoms with Gasteiger partial charge in [0.2, 0.25) is 11.8 Å². The van der Waals surface area contributed by atoms with E-state index in [-0.39, 0.29) is 47.9 Å². The number of rotatable bonds is 9. The van der Waals surface area contributed by atoms with E-state index >= 15 is 0 Å². The summed E-state index contributed by atoms with van der Waals surface area (Å²) in [4.78, 5) is 21.2. The zero-order chi connectivity index (χ0) is 29.2. The molecule has 0 radical (unpaired) electrons. The first-order valence-corrected chi connectivity index (χ1v) is 14.4. The molecular formula is C28H30Cl4N4O4. The zero-order valence-electron chi connectivity index (χ0n) is 22.6. The topological polar surface area (TPSA) is 104 Å². The maximum Gasteiger partial charge on any atom is 0.334 e. The van der Waals surface area contributed by atoms with Crippen molar-refractivity contribution in [2.75, 3.05) is 0 Å². The molecule has 3 aromatic rings. The first-order valence-electron chi connectivity index (χ1n) is 12.8. The van der Waals surface area contributed by atoms with E-state index in [1.165, 1.54) is 0 Å². The van der Waals surface area contributed by atoms with E-state index in [9.17, 15) is 4.79 Å². The summed E-state index contributed by atoms with van der Waals surface area (Å²) in [5.41, 5.74) is 1.21. The van der Waals surface area contributed by atoms with Crippen LogP contribution < -0.4 is 0 Å². The fourth-order valence-corrected chi connectivity index (χ4v) is 6.12. The van der Waals surface area contributed by atoms with Crippen molar-refractivity contribution in [1.82, 2.24) is 20.3 Å². The Bertz CT molecular complexity index is 1430. The first kappa shape index (κ1) is 30.6. The Morgan fingerprint density at radius 3 is 2.45 bits per heavy atom. The van der Waals surface area contributed by atoms with Crippen molar-refractivity contribution < 1.29 is 18.6 Å². The highest BCUT2D eigenvalue weighted by Gasteiger charge is 2.35. The summed E-state index contributed by atoms with van der Waals surface area (Å²) < 4.78 is 16.0. The molecule has 3 atom stereocenters. The highest BCUT2D eigenvalue weighted by atomic mass is 35.5. The molecule has 0 spiro atoms. The van der Waals surface area contributed by atoms with Crippen LogP contribution in [0.3, 0.4) is 0 Å². The van der Waals surface area contributed by atoms with Gasteiger partial charge < -0.3 is 13.8 Å². The van der Waals surface area contributed by atoms with Crippen LogP contribution >= 0.6 is 46.4 Å². The number of benzene rings is 1. The summed E-state index contributed by atoms with van der Waals surface area (Å²) in [6, 6.07) is 3.53. The Kier molecular flexibility index (Phi) is 9.66. The number of hydrogen-bond acceptors (Lipinski definition) is 8. The second kappa shape index (κ2) is 12.6. The molecule has 8 nitrogen and oxygen atoms in total. The Balaban J connectivity index is 1.61. The van der Waals surface area contributed by atoms with E-state index in [1.807, 2.05) is 12.1 Å². The normalized spacial score (nSPS) is 19.4. The third-order valence-corrected chi connectivity index (χ3v) is 7.48. The highest BCUT2D eigenvalue weighted by Crippen LogP contribution is 2.48. The van der Waals surface area contributed by atoms with Crippen LogP contribution in [0, 0.1) is 11.8 Å². The molecule has 40 heavy (non-hydrogen) atoms. The maximum absolute atomic E-state index is 12.3. The molecule has 0 bridgehead atoms. The van der Waals surface area contributed by atoms with Gasteiger partial charge in [-0.15, -0.1) is 11.6 Å². The van der Waals surface area contributed by atoms with Crippen molar-refractivity contribution in [3.05, 3.63) is 80.0 Å². The second-order valence-corrected chi connectivity index (χ2v) is 12.5. The summed E-state index contributed by atoms with van der Waals surface area (Å²) in [5, 5.41) is 9.83. The van der Waals surface area contributed by atoms with Crippen molar-refractivity contribution in [3.8, 4) is 0 Å². The quantitative estimate of drug-likeness (QED) is 0.135. The van der Waals surface area contributed by atoms with Crippen molar-refractivity contribution >= 4 is 52.4 Å². The molecule has 214 valence electrons. The summed E-state index contributed by atoms with van der Waals surface area (Å²) in [7, 11) is 0. The summed E-state index contributed by atoms with van der Waals surface area (Å²) in [6.07, 6.45) is 3.75. The van der Waals surface area contributed by atoms with Gasteiger partial charge >= 0.3 is 5.97 Å². The van der Waals surface area contributed by atoms with Gasteiger partial charge in [0.1, 0.15) is 11.5 Å². The Morgan fingerprint density at radius 1 is 1.10 bits per heavy atom. The molecule has 0 saturated carbocycles. The first-order chi connectivity index (χ1) is 18.8. The van der Waals surface area contributed by atoms with E-state index in [1.54, 1.807) is 26.8 Å². The van der Waals surface area contributed by atoms with Gasteiger partial charge in [-0.1, -0.05) is 64.7 Å². The molecule has 12 heteroatoms. The highest BCUT2D eigenvalue weighted by molar-refractivity contribution is 6.35. The van der Waals surface area contributed by atoms with Crippen molar-refractivity contribution in [2.45, 2.75) is 70.8 Å². The fraction of sp³-hybridized carbons (Fsp3) is 0.464. The molecule has 2 unspecified atom stereocenters. The maximum atomic E-state index is 12.3. The molecule has 1 aliphatic carbocycles. The lowest BCUT2D eigenvalue weighted by Crippen LogP contribution is -2.25. The minimum atomic E-state index is -0.636. The number of carbonyl (C=O) groups is 1. The average molecular weight is 628 g/mol. The molecule has 0 N–H and O–H groups in total. The van der Waals surface area contributed by atoms with Crippen LogP contribution in [0.25, 0.3) is 0 Å². The Labute approximate surface area is 253 Å². The zero-order valence-corrected chi connectivity index (χ0v) is 25.7. The predicted molar refractivity (Wildman–Crippen MR) is 154 cm³/mol. The van der Waals surface area contributed by atoms with Crippen LogP contribution in [0.15, 0.2) is 44.4 Å². The van der Waals surface area contributed by atoms with E-state index in [0.717, 1.165) is 17.5 Å². The monoisotopic (exact) mass is 626 g/mol. The van der Waals surface area contributed by atoms with Gasteiger partial charge in [0.05, 0.1) is 6.42 Å². The van der Waals surface area contributed by atoms with Gasteiger partial charge in [-0.25, -0.2) is 4.79 Å². The van der Waals surface area contributed by atoms with Crippen molar-refractivity contribution in [1.29, 1.82) is 0 Å². The Hall–Kier alpha value is -2.39. The van der Waals surface area contributed by atoms with Gasteiger partial charge in [-0.2, -0.15) is 9.97 Å². The van der Waals surface area contributed by atoms with Crippen molar-refractivity contribution in [2.24, 2.45) is 11.8 Å². The third-order valence-electron chi connectivity index (χ3n) is 6.36. The smallest absolute Gasteiger partial charge is 0.334 e. The van der Waals surface area contributed by atoms with Crippen LogP contribution in [0.5, 0.6) is 0 Å². The summed E-state index contributed by atoms with van der Waals surface area (Å²) >= 11 is 26.0. The van der Waals surface area contributed by atoms with Crippen LogP contribution in [0.1, 0.15) is 74.6 Å². The summed E-state index contributed by atoms with van der Waals surface area (Å²) in [6.45, 7) is 11.3. The molecule has 0 saturated heterocycles. The minimum absolute atomic E-state index is 0.0312. The lowest BCUT2D eigenvalue weighted by Gasteiger charge is -2.34. The fourth-order valence-electron chi connectivity index (χ4n) is 4.86. The average Bonchev–Trinajstić information content (AvgIpc) is 3.48. The molecule has 1 aromatic carbocycles. The molecule has 1 aliphatic rings. The van der Waals surface area contributed by atoms with Gasteiger partial charge in [0.25, 0.3) is 0 Å². The molecule has 0 fully saturated rings. The van der Waals surface area contributed by atoms with Crippen LogP contribution in [0.4, 0.5) is 0 Å². The van der Waals surface area contributed by atoms with E-state index < -0.39 is 11.6 Å². The largest absolute Gasteiger partial charge is 0.457 e. The number of hydrogen-bond donors (Lipinski definition) is 0. The standard InChI is InChI=1S/C28H30Cl4N4O4/c1-14-6-16(10-22-34-24(13-29)40-36-22)25(19(31)7-14)26-17(9-18(30)12-20(26)32)11-21-33-23(39-35-21)8-15(2)27(37)38-28(3,4)5/h7,9,12,14,16,25H,2,6,8,10-11,13H2,1,3-5H3/t14?,16?,25-/m1/s1. The number of alkyl halides is 1. The van der Waals surface area contributed by atoms with Crippen molar-refractivity contribution in [3.63, 3.8) is 0 Å². The van der Waals surface area contributed by atoms with Crippen LogP contribution in [-0.2, 0) is 34.7 Å². The van der Waals surface area contributed by atoms with Gasteiger partial charge in [0, 0.05) is 39.4 Å². The Morgan fingerprint density at radius 2 is 1.77 bits per heavy atom. The predicted octanol–water partition coefficient (Wildman–Crippen LogP) is 7.63. The SMILES string of the molecule is C=C(Cc1nc(Cc2cc(Cl)cc(Cl)c2[C@H]2C(Cl)=CC(C)CC2Cc2noc(CCl)n2)no1)C(=O)OC(C)(C)C. The number of allylic oxidation sites excluding steroid dienone is 2. The van der Waals surface area contributed by atoms with E-state index in [0.29, 0.717) is 39.0 Å². The molecule has 4 rings (SSSR count). The molecule has 0 aliphatic heterocycles. The second-order valence-electron chi connectivity index (χ2n) is 11.0. The molecule has 2 heterocycles. The molecular weight excluding hydrogens is 598 g/mol. The number of halogens is 4. The van der Waals surface area contributed by atoms with Gasteiger partial charge in [-0.05, 0) is 62.3 Å². The molecule has 0 amide bonds. The third kappa shape index (κ3) is 7.66.